The quantitative estimate of drug-likeness (QED) is 0.643. The van der Waals surface area contributed by atoms with E-state index in [4.69, 9.17) is 9.31 Å². The van der Waals surface area contributed by atoms with E-state index in [2.05, 4.69) is 77.2 Å². The van der Waals surface area contributed by atoms with Crippen molar-refractivity contribution in [3.63, 3.8) is 0 Å². The molecule has 0 radical (unpaired) electrons. The number of benzene rings is 1. The van der Waals surface area contributed by atoms with Gasteiger partial charge in [-0.25, -0.2) is 0 Å². The summed E-state index contributed by atoms with van der Waals surface area (Å²) in [5.41, 5.74) is 3.71. The van der Waals surface area contributed by atoms with Crippen LogP contribution in [0.1, 0.15) is 45.7 Å². The van der Waals surface area contributed by atoms with E-state index in [9.17, 15) is 0 Å². The lowest BCUT2D eigenvalue weighted by atomic mass is 9.78. The van der Waals surface area contributed by atoms with Crippen molar-refractivity contribution in [2.75, 3.05) is 5.75 Å². The molecule has 0 aliphatic carbocycles. The first kappa shape index (κ1) is 17.4. The lowest BCUT2D eigenvalue weighted by molar-refractivity contribution is 0.00578. The zero-order chi connectivity index (χ0) is 16.5. The number of hydrogen-bond acceptors (Lipinski definition) is 3. The van der Waals surface area contributed by atoms with Crippen molar-refractivity contribution in [2.45, 2.75) is 45.8 Å². The summed E-state index contributed by atoms with van der Waals surface area (Å²) in [5, 5.41) is 0. The van der Waals surface area contributed by atoms with Crippen LogP contribution in [0.4, 0.5) is 0 Å². The summed E-state index contributed by atoms with van der Waals surface area (Å²) in [4.78, 5) is 0. The summed E-state index contributed by atoms with van der Waals surface area (Å²) in [6, 6.07) is 8.32. The molecular formula is C18H25BO2S. The maximum absolute atomic E-state index is 6.10. The fourth-order valence-electron chi connectivity index (χ4n) is 2.26. The van der Waals surface area contributed by atoms with Crippen LogP contribution in [0.2, 0.25) is 0 Å². The molecule has 0 spiro atoms. The first-order valence-electron chi connectivity index (χ1n) is 7.59. The van der Waals surface area contributed by atoms with Crippen molar-refractivity contribution in [1.29, 1.82) is 0 Å². The normalized spacial score (nSPS) is 20.3. The molecule has 1 aromatic rings. The zero-order valence-electron chi connectivity index (χ0n) is 14.1. The molecule has 1 saturated heterocycles. The van der Waals surface area contributed by atoms with Crippen molar-refractivity contribution in [3.05, 3.63) is 47.4 Å². The topological polar surface area (TPSA) is 18.5 Å². The van der Waals surface area contributed by atoms with E-state index in [0.29, 0.717) is 5.75 Å². The summed E-state index contributed by atoms with van der Waals surface area (Å²) in [6.07, 6.45) is 2.09. The van der Waals surface area contributed by atoms with Crippen molar-refractivity contribution < 1.29 is 9.31 Å². The van der Waals surface area contributed by atoms with Gasteiger partial charge in [-0.2, -0.15) is 12.6 Å². The zero-order valence-corrected chi connectivity index (χ0v) is 15.0. The maximum atomic E-state index is 6.10. The highest BCUT2D eigenvalue weighted by Crippen LogP contribution is 2.39. The lowest BCUT2D eigenvalue weighted by Gasteiger charge is -2.32. The minimum absolute atomic E-state index is 0.330. The lowest BCUT2D eigenvalue weighted by Crippen LogP contribution is -2.41. The Morgan fingerprint density at radius 2 is 1.64 bits per heavy atom. The smallest absolute Gasteiger partial charge is 0.400 e. The van der Waals surface area contributed by atoms with Gasteiger partial charge in [-0.05, 0) is 51.2 Å². The Morgan fingerprint density at radius 1 is 1.14 bits per heavy atom. The predicted molar refractivity (Wildman–Crippen MR) is 99.1 cm³/mol. The number of allylic oxidation sites excluding steroid dienone is 1. The molecule has 118 valence electrons. The summed E-state index contributed by atoms with van der Waals surface area (Å²) >= 11 is 4.45. The second-order valence-electron chi connectivity index (χ2n) is 6.87. The molecule has 2 rings (SSSR count). The highest BCUT2D eigenvalue weighted by atomic mass is 32.1. The summed E-state index contributed by atoms with van der Waals surface area (Å²) in [6.45, 7) is 14.2. The van der Waals surface area contributed by atoms with Gasteiger partial charge in [-0.3, -0.25) is 0 Å². The third-order valence-electron chi connectivity index (χ3n) is 4.49. The summed E-state index contributed by atoms with van der Waals surface area (Å²) in [5.74, 6) is 0.596. The van der Waals surface area contributed by atoms with E-state index >= 15 is 0 Å². The van der Waals surface area contributed by atoms with Crippen LogP contribution in [-0.4, -0.2) is 24.1 Å². The van der Waals surface area contributed by atoms with Gasteiger partial charge in [0.2, 0.25) is 0 Å². The fraction of sp³-hybridized carbons (Fsp3) is 0.444. The van der Waals surface area contributed by atoms with Crippen LogP contribution >= 0.6 is 12.6 Å². The molecule has 22 heavy (non-hydrogen) atoms. The van der Waals surface area contributed by atoms with Crippen LogP contribution in [0.3, 0.4) is 0 Å². The van der Waals surface area contributed by atoms with Crippen LogP contribution in [0, 0.1) is 0 Å². The van der Waals surface area contributed by atoms with E-state index in [1.165, 1.54) is 0 Å². The Labute approximate surface area is 140 Å². The first-order chi connectivity index (χ1) is 10.2. The van der Waals surface area contributed by atoms with Crippen molar-refractivity contribution in [1.82, 2.24) is 0 Å². The summed E-state index contributed by atoms with van der Waals surface area (Å²) in [7, 11) is -0.344. The van der Waals surface area contributed by atoms with Crippen molar-refractivity contribution in [3.8, 4) is 0 Å². The molecule has 0 saturated carbocycles. The molecule has 1 aliphatic heterocycles. The fourth-order valence-corrected chi connectivity index (χ4v) is 2.50. The molecule has 0 amide bonds. The maximum Gasteiger partial charge on any atom is 0.491 e. The Kier molecular flexibility index (Phi) is 4.95. The Bertz CT molecular complexity index is 572. The predicted octanol–water partition coefficient (Wildman–Crippen LogP) is 4.66. The van der Waals surface area contributed by atoms with Gasteiger partial charge in [0.05, 0.1) is 11.2 Å². The number of thiol groups is 1. The highest BCUT2D eigenvalue weighted by Gasteiger charge is 2.52. The van der Waals surface area contributed by atoms with Gasteiger partial charge in [-0.1, -0.05) is 42.5 Å². The van der Waals surface area contributed by atoms with E-state index in [-0.39, 0.29) is 18.3 Å². The second-order valence-corrected chi connectivity index (χ2v) is 7.18. The molecule has 0 unspecified atom stereocenters. The Morgan fingerprint density at radius 3 is 2.05 bits per heavy atom. The number of hydrogen-bond donors (Lipinski definition) is 1. The average Bonchev–Trinajstić information content (AvgIpc) is 2.65. The monoisotopic (exact) mass is 316 g/mol. The number of rotatable bonds is 4. The van der Waals surface area contributed by atoms with Gasteiger partial charge in [0.1, 0.15) is 0 Å². The Hall–Kier alpha value is -0.965. The van der Waals surface area contributed by atoms with E-state index < -0.39 is 0 Å². The van der Waals surface area contributed by atoms with Crippen LogP contribution in [0.5, 0.6) is 0 Å². The molecule has 0 N–H and O–H groups in total. The van der Waals surface area contributed by atoms with Crippen molar-refractivity contribution in [2.24, 2.45) is 0 Å². The van der Waals surface area contributed by atoms with Crippen LogP contribution < -0.4 is 0 Å². The molecule has 1 aliphatic rings. The standard InChI is InChI=1S/C18H25BO2S/c1-13(2)15-9-7-14(8-10-15)11-16(12-22)19-20-17(3,4)18(5,6)21-19/h7-11,22H,1,12H2,2-6H3. The minimum Gasteiger partial charge on any atom is -0.400 e. The van der Waals surface area contributed by atoms with Gasteiger partial charge in [-0.15, -0.1) is 0 Å². The highest BCUT2D eigenvalue weighted by molar-refractivity contribution is 7.80. The molecule has 1 heterocycles. The Balaban J connectivity index is 2.23. The van der Waals surface area contributed by atoms with E-state index in [1.54, 1.807) is 0 Å². The molecule has 1 aromatic carbocycles. The molecule has 0 atom stereocenters. The molecule has 0 bridgehead atoms. The third-order valence-corrected chi connectivity index (χ3v) is 4.86. The molecule has 4 heteroatoms. The molecular weight excluding hydrogens is 291 g/mol. The van der Waals surface area contributed by atoms with Gasteiger partial charge in [0, 0.05) is 5.75 Å². The largest absolute Gasteiger partial charge is 0.491 e. The van der Waals surface area contributed by atoms with Crippen molar-refractivity contribution >= 4 is 31.4 Å². The SMILES string of the molecule is C=C(C)c1ccc(C=C(CS)B2OC(C)(C)C(C)(C)O2)cc1. The van der Waals surface area contributed by atoms with E-state index in [0.717, 1.165) is 22.2 Å². The van der Waals surface area contributed by atoms with E-state index in [1.807, 2.05) is 6.92 Å². The van der Waals surface area contributed by atoms with Gasteiger partial charge in [0.25, 0.3) is 0 Å². The summed E-state index contributed by atoms with van der Waals surface area (Å²) < 4.78 is 12.2. The molecule has 2 nitrogen and oxygen atoms in total. The van der Waals surface area contributed by atoms with Crippen LogP contribution in [0.25, 0.3) is 11.6 Å². The molecule has 1 fully saturated rings. The second kappa shape index (κ2) is 6.27. The van der Waals surface area contributed by atoms with Crippen LogP contribution in [-0.2, 0) is 9.31 Å². The van der Waals surface area contributed by atoms with Crippen LogP contribution in [0.15, 0.2) is 36.3 Å². The minimum atomic E-state index is -0.344. The van der Waals surface area contributed by atoms with Gasteiger partial charge >= 0.3 is 7.12 Å². The van der Waals surface area contributed by atoms with Gasteiger partial charge in [0.15, 0.2) is 0 Å². The van der Waals surface area contributed by atoms with Gasteiger partial charge < -0.3 is 9.31 Å². The average molecular weight is 316 g/mol. The molecule has 0 aromatic heterocycles. The first-order valence-corrected chi connectivity index (χ1v) is 8.22. The third kappa shape index (κ3) is 3.50.